The molecule has 3 rings (SSSR count). The summed E-state index contributed by atoms with van der Waals surface area (Å²) < 4.78 is 1.38. The van der Waals surface area contributed by atoms with Crippen LogP contribution in [0.2, 0.25) is 0 Å². The molecule has 1 atom stereocenters. The molecule has 0 aromatic carbocycles. The van der Waals surface area contributed by atoms with Crippen molar-refractivity contribution in [2.75, 3.05) is 19.6 Å². The van der Waals surface area contributed by atoms with Crippen LogP contribution in [0.15, 0.2) is 9.59 Å². The van der Waals surface area contributed by atoms with E-state index in [-0.39, 0.29) is 11.2 Å². The van der Waals surface area contributed by atoms with Gasteiger partial charge in [-0.25, -0.2) is 4.79 Å². The molecule has 0 amide bonds. The van der Waals surface area contributed by atoms with Crippen LogP contribution in [-0.4, -0.2) is 34.1 Å². The predicted molar refractivity (Wildman–Crippen MR) is 95.7 cm³/mol. The fourth-order valence-corrected chi connectivity index (χ4v) is 4.83. The number of H-pyrrole nitrogens is 1. The number of fused-ring (bicyclic) bond motifs is 3. The van der Waals surface area contributed by atoms with Gasteiger partial charge in [0.1, 0.15) is 4.83 Å². The zero-order valence-electron chi connectivity index (χ0n) is 14.1. The van der Waals surface area contributed by atoms with E-state index in [1.165, 1.54) is 15.0 Å². The second kappa shape index (κ2) is 6.61. The van der Waals surface area contributed by atoms with Gasteiger partial charge in [0, 0.05) is 18.0 Å². The molecule has 0 spiro atoms. The third-order valence-electron chi connectivity index (χ3n) is 4.97. The lowest BCUT2D eigenvalue weighted by molar-refractivity contribution is 0.287. The Morgan fingerprint density at radius 1 is 1.30 bits per heavy atom. The van der Waals surface area contributed by atoms with Gasteiger partial charge in [0.2, 0.25) is 0 Å². The van der Waals surface area contributed by atoms with Gasteiger partial charge in [-0.1, -0.05) is 20.8 Å². The van der Waals surface area contributed by atoms with Crippen molar-refractivity contribution in [2.24, 2.45) is 5.92 Å². The molecule has 0 fully saturated rings. The van der Waals surface area contributed by atoms with E-state index in [9.17, 15) is 9.59 Å². The lowest BCUT2D eigenvalue weighted by atomic mass is 9.89. The first-order valence-corrected chi connectivity index (χ1v) is 9.36. The van der Waals surface area contributed by atoms with Gasteiger partial charge < -0.3 is 4.90 Å². The van der Waals surface area contributed by atoms with E-state index in [0.717, 1.165) is 49.1 Å². The molecule has 0 aliphatic heterocycles. The zero-order chi connectivity index (χ0) is 16.6. The maximum atomic E-state index is 12.9. The van der Waals surface area contributed by atoms with Crippen LogP contribution in [0.25, 0.3) is 10.2 Å². The minimum Gasteiger partial charge on any atom is -0.302 e. The highest BCUT2D eigenvalue weighted by Gasteiger charge is 2.23. The van der Waals surface area contributed by atoms with Crippen LogP contribution in [0.4, 0.5) is 0 Å². The molecule has 1 N–H and O–H groups in total. The highest BCUT2D eigenvalue weighted by Crippen LogP contribution is 2.35. The van der Waals surface area contributed by atoms with Crippen molar-refractivity contribution in [1.82, 2.24) is 14.5 Å². The first kappa shape index (κ1) is 16.5. The van der Waals surface area contributed by atoms with Crippen LogP contribution < -0.4 is 11.2 Å². The molecule has 0 bridgehead atoms. The molecule has 23 heavy (non-hydrogen) atoms. The Hall–Kier alpha value is -1.40. The van der Waals surface area contributed by atoms with E-state index in [2.05, 4.69) is 30.7 Å². The van der Waals surface area contributed by atoms with E-state index in [1.54, 1.807) is 11.3 Å². The molecular weight excluding hydrogens is 310 g/mol. The molecule has 0 saturated carbocycles. The molecule has 1 aliphatic rings. The van der Waals surface area contributed by atoms with E-state index >= 15 is 0 Å². The predicted octanol–water partition coefficient (Wildman–Crippen LogP) is 2.22. The Labute approximate surface area is 139 Å². The summed E-state index contributed by atoms with van der Waals surface area (Å²) in [6.45, 7) is 9.47. The lowest BCUT2D eigenvalue weighted by Crippen LogP contribution is -2.39. The second-order valence-corrected chi connectivity index (χ2v) is 7.57. The van der Waals surface area contributed by atoms with Crippen LogP contribution in [0.3, 0.4) is 0 Å². The van der Waals surface area contributed by atoms with Gasteiger partial charge >= 0.3 is 5.69 Å². The smallest absolute Gasteiger partial charge is 0.302 e. The summed E-state index contributed by atoms with van der Waals surface area (Å²) in [5.74, 6) is 0.659. The summed E-state index contributed by atoms with van der Waals surface area (Å²) in [4.78, 5) is 32.4. The number of hydrogen-bond acceptors (Lipinski definition) is 4. The average molecular weight is 335 g/mol. The Bertz CT molecular complexity index is 814. The van der Waals surface area contributed by atoms with Crippen LogP contribution in [-0.2, 0) is 19.4 Å². The Morgan fingerprint density at radius 2 is 2.04 bits per heavy atom. The van der Waals surface area contributed by atoms with Gasteiger partial charge in [0.15, 0.2) is 0 Å². The summed E-state index contributed by atoms with van der Waals surface area (Å²) in [5.41, 5.74) is 0.796. The third-order valence-corrected chi connectivity index (χ3v) is 6.14. The zero-order valence-corrected chi connectivity index (χ0v) is 15.0. The number of hydrogen-bond donors (Lipinski definition) is 1. The molecule has 2 heterocycles. The van der Waals surface area contributed by atoms with Crippen molar-refractivity contribution in [1.29, 1.82) is 0 Å². The maximum absolute atomic E-state index is 12.9. The van der Waals surface area contributed by atoms with Crippen molar-refractivity contribution >= 4 is 21.6 Å². The number of nitrogens with zero attached hydrogens (tertiary/aromatic N) is 2. The molecule has 2 aromatic heterocycles. The SMILES string of the molecule is CCN(CC)CCn1c(=O)[nH]c2sc3c(c2c1=O)CCC(C)C3. The Kier molecular flexibility index (Phi) is 4.73. The van der Waals surface area contributed by atoms with Crippen LogP contribution in [0, 0.1) is 5.92 Å². The number of thiophene rings is 1. The van der Waals surface area contributed by atoms with Crippen LogP contribution >= 0.6 is 11.3 Å². The lowest BCUT2D eigenvalue weighted by Gasteiger charge is -2.18. The highest BCUT2D eigenvalue weighted by atomic mass is 32.1. The van der Waals surface area contributed by atoms with Gasteiger partial charge in [0.25, 0.3) is 5.56 Å². The molecular formula is C17H25N3O2S. The van der Waals surface area contributed by atoms with Gasteiger partial charge in [-0.3, -0.25) is 14.3 Å². The van der Waals surface area contributed by atoms with Crippen molar-refractivity contribution in [2.45, 2.75) is 46.6 Å². The molecule has 5 nitrogen and oxygen atoms in total. The van der Waals surface area contributed by atoms with Gasteiger partial charge in [-0.15, -0.1) is 11.3 Å². The van der Waals surface area contributed by atoms with Crippen molar-refractivity contribution in [3.05, 3.63) is 31.3 Å². The summed E-state index contributed by atoms with van der Waals surface area (Å²) in [6.07, 6.45) is 3.10. The minimum absolute atomic E-state index is 0.108. The van der Waals surface area contributed by atoms with Gasteiger partial charge in [-0.05, 0) is 43.8 Å². The van der Waals surface area contributed by atoms with E-state index in [4.69, 9.17) is 0 Å². The minimum atomic E-state index is -0.277. The molecule has 1 aliphatic carbocycles. The second-order valence-electron chi connectivity index (χ2n) is 6.47. The van der Waals surface area contributed by atoms with Crippen molar-refractivity contribution in [3.8, 4) is 0 Å². The number of likely N-dealkylation sites (N-methyl/N-ethyl adjacent to an activating group) is 1. The van der Waals surface area contributed by atoms with E-state index in [0.29, 0.717) is 12.5 Å². The van der Waals surface area contributed by atoms with Crippen molar-refractivity contribution < 1.29 is 0 Å². The fraction of sp³-hybridized carbons (Fsp3) is 0.647. The number of aromatic amines is 1. The molecule has 0 radical (unpaired) electrons. The summed E-state index contributed by atoms with van der Waals surface area (Å²) in [5, 5.41) is 0.760. The number of nitrogens with one attached hydrogen (secondary N) is 1. The third kappa shape index (κ3) is 3.02. The molecule has 2 aromatic rings. The van der Waals surface area contributed by atoms with E-state index in [1.807, 2.05) is 0 Å². The van der Waals surface area contributed by atoms with Crippen molar-refractivity contribution in [3.63, 3.8) is 0 Å². The van der Waals surface area contributed by atoms with Crippen LogP contribution in [0.5, 0.6) is 0 Å². The Morgan fingerprint density at radius 3 is 2.74 bits per heavy atom. The highest BCUT2D eigenvalue weighted by molar-refractivity contribution is 7.18. The van der Waals surface area contributed by atoms with Gasteiger partial charge in [0.05, 0.1) is 5.39 Å². The number of aryl methyl sites for hydroxylation is 1. The number of rotatable bonds is 5. The van der Waals surface area contributed by atoms with Crippen LogP contribution in [0.1, 0.15) is 37.6 Å². The first-order valence-electron chi connectivity index (χ1n) is 8.54. The molecule has 126 valence electrons. The fourth-order valence-electron chi connectivity index (χ4n) is 3.44. The normalized spacial score (nSPS) is 17.8. The summed E-state index contributed by atoms with van der Waals surface area (Å²) in [6, 6.07) is 0. The van der Waals surface area contributed by atoms with Gasteiger partial charge in [-0.2, -0.15) is 0 Å². The molecule has 1 unspecified atom stereocenters. The monoisotopic (exact) mass is 335 g/mol. The first-order chi connectivity index (χ1) is 11.0. The number of aromatic nitrogens is 2. The topological polar surface area (TPSA) is 58.1 Å². The summed E-state index contributed by atoms with van der Waals surface area (Å²) in [7, 11) is 0. The average Bonchev–Trinajstić information content (AvgIpc) is 2.87. The standard InChI is InChI=1S/C17H25N3O2S/c1-4-19(5-2)8-9-20-16(21)14-12-7-6-11(3)10-13(12)23-15(14)18-17(20)22/h11H,4-10H2,1-3H3,(H,18,22). The molecule has 6 heteroatoms. The largest absolute Gasteiger partial charge is 0.329 e. The molecule has 0 saturated heterocycles. The quantitative estimate of drug-likeness (QED) is 0.911. The summed E-state index contributed by atoms with van der Waals surface area (Å²) >= 11 is 1.59. The Balaban J connectivity index is 2.03. The maximum Gasteiger partial charge on any atom is 0.329 e. The van der Waals surface area contributed by atoms with E-state index < -0.39 is 0 Å².